The second-order valence-electron chi connectivity index (χ2n) is 5.20. The molecule has 4 rings (SSSR count). The number of nitrogens with zero attached hydrogens (tertiary/aromatic N) is 3. The maximum Gasteiger partial charge on any atom is 0.227 e. The third-order valence-electron chi connectivity index (χ3n) is 3.49. The molecule has 1 aliphatic carbocycles. The molecule has 3 aliphatic heterocycles. The lowest BCUT2D eigenvalue weighted by Crippen LogP contribution is -2.29. The monoisotopic (exact) mass is 277 g/mol. The molecule has 0 unspecified atom stereocenters. The van der Waals surface area contributed by atoms with Crippen molar-refractivity contribution in [2.45, 2.75) is 6.92 Å². The van der Waals surface area contributed by atoms with Gasteiger partial charge in [-0.3, -0.25) is 9.59 Å². The van der Waals surface area contributed by atoms with Gasteiger partial charge in [0.2, 0.25) is 11.6 Å². The van der Waals surface area contributed by atoms with Crippen molar-refractivity contribution < 1.29 is 14.7 Å². The Balaban J connectivity index is 0.000000373. The number of aliphatic hydroxyl groups is 1. The van der Waals surface area contributed by atoms with E-state index >= 15 is 0 Å². The topological polar surface area (TPSA) is 63.4 Å². The summed E-state index contributed by atoms with van der Waals surface area (Å²) in [6.45, 7) is 7.34. The average molecular weight is 277 g/mol. The van der Waals surface area contributed by atoms with Gasteiger partial charge >= 0.3 is 0 Å². The van der Waals surface area contributed by atoms with Crippen LogP contribution in [0.3, 0.4) is 0 Å². The largest absolute Gasteiger partial charge is 0.397 e. The van der Waals surface area contributed by atoms with Crippen molar-refractivity contribution in [3.63, 3.8) is 0 Å². The number of carbonyl (C=O) groups is 2. The van der Waals surface area contributed by atoms with E-state index in [0.29, 0.717) is 17.1 Å². The van der Waals surface area contributed by atoms with Crippen molar-refractivity contribution >= 4 is 11.6 Å². The first kappa shape index (κ1) is 13.2. The number of aliphatic hydroxyl groups excluding tert-OH is 1. The van der Waals surface area contributed by atoms with E-state index in [2.05, 4.69) is 0 Å². The van der Waals surface area contributed by atoms with E-state index in [0.717, 1.165) is 39.3 Å². The second-order valence-corrected chi connectivity index (χ2v) is 5.20. The van der Waals surface area contributed by atoms with Gasteiger partial charge in [0.1, 0.15) is 11.4 Å². The number of ketones is 2. The van der Waals surface area contributed by atoms with Gasteiger partial charge in [-0.25, -0.2) is 0 Å². The Hall–Kier alpha value is -1.82. The van der Waals surface area contributed by atoms with Crippen molar-refractivity contribution in [3.8, 4) is 0 Å². The fourth-order valence-electron chi connectivity index (χ4n) is 2.28. The Morgan fingerprint density at radius 1 is 0.950 bits per heavy atom. The minimum absolute atomic E-state index is 0.00546. The number of hydrogen-bond acceptors (Lipinski definition) is 6. The summed E-state index contributed by atoms with van der Waals surface area (Å²) >= 11 is 0. The number of Topliss-reactive ketones (excluding diaryl/α,β-unsaturated/α-hetero) is 1. The molecule has 0 bridgehead atoms. The summed E-state index contributed by atoms with van der Waals surface area (Å²) in [6.07, 6.45) is 1.52. The first-order valence-electron chi connectivity index (χ1n) is 7.08. The Kier molecular flexibility index (Phi) is 3.25. The molecule has 3 saturated heterocycles. The third kappa shape index (κ3) is 2.43. The van der Waals surface area contributed by atoms with Gasteiger partial charge in [-0.2, -0.15) is 0 Å². The summed E-state index contributed by atoms with van der Waals surface area (Å²) < 4.78 is 0. The van der Waals surface area contributed by atoms with Gasteiger partial charge < -0.3 is 19.8 Å². The van der Waals surface area contributed by atoms with Crippen LogP contribution in [0.5, 0.6) is 0 Å². The Morgan fingerprint density at radius 2 is 1.40 bits per heavy atom. The van der Waals surface area contributed by atoms with Crippen molar-refractivity contribution in [2.75, 3.05) is 45.9 Å². The van der Waals surface area contributed by atoms with Crippen LogP contribution in [0.25, 0.3) is 0 Å². The summed E-state index contributed by atoms with van der Waals surface area (Å²) in [5.41, 5.74) is 1.89. The first-order valence-corrected chi connectivity index (χ1v) is 7.08. The summed E-state index contributed by atoms with van der Waals surface area (Å²) in [5.74, 6) is 0.0485. The Bertz CT molecular complexity index is 512. The lowest BCUT2D eigenvalue weighted by molar-refractivity contribution is -0.117. The second kappa shape index (κ2) is 4.94. The van der Waals surface area contributed by atoms with Gasteiger partial charge in [-0.05, 0) is 6.92 Å². The zero-order valence-corrected chi connectivity index (χ0v) is 11.6. The molecule has 0 saturated carbocycles. The van der Waals surface area contributed by atoms with Crippen LogP contribution in [0.1, 0.15) is 6.92 Å². The minimum Gasteiger partial charge on any atom is -0.397 e. The number of allylic oxidation sites excluding steroid dienone is 1. The highest BCUT2D eigenvalue weighted by Crippen LogP contribution is 2.33. The van der Waals surface area contributed by atoms with E-state index in [1.54, 1.807) is 6.92 Å². The van der Waals surface area contributed by atoms with Crippen LogP contribution in [0.2, 0.25) is 0 Å². The Morgan fingerprint density at radius 3 is 1.85 bits per heavy atom. The van der Waals surface area contributed by atoms with Gasteiger partial charge in [0, 0.05) is 52.0 Å². The van der Waals surface area contributed by atoms with Crippen LogP contribution in [-0.4, -0.2) is 77.2 Å². The fraction of sp³-hybridized carbons (Fsp3) is 0.571. The molecule has 0 radical (unpaired) electrons. The van der Waals surface area contributed by atoms with Crippen LogP contribution in [0.15, 0.2) is 23.2 Å². The molecule has 0 atom stereocenters. The van der Waals surface area contributed by atoms with Crippen molar-refractivity contribution in [3.05, 3.63) is 23.2 Å². The highest BCUT2D eigenvalue weighted by molar-refractivity contribution is 6.22. The quantitative estimate of drug-likeness (QED) is 0.537. The molecule has 0 aromatic rings. The smallest absolute Gasteiger partial charge is 0.227 e. The molecule has 108 valence electrons. The van der Waals surface area contributed by atoms with E-state index < -0.39 is 0 Å². The fourth-order valence-corrected chi connectivity index (χ4v) is 2.28. The summed E-state index contributed by atoms with van der Waals surface area (Å²) in [4.78, 5) is 30.5. The first-order chi connectivity index (χ1) is 9.67. The van der Waals surface area contributed by atoms with E-state index in [-0.39, 0.29) is 18.2 Å². The highest BCUT2D eigenvalue weighted by Gasteiger charge is 2.43. The average Bonchev–Trinajstić information content (AvgIpc) is 3.28. The lowest BCUT2D eigenvalue weighted by Gasteiger charge is -2.21. The maximum absolute atomic E-state index is 12.4. The predicted octanol–water partition coefficient (Wildman–Crippen LogP) is -0.821. The molecule has 0 aromatic heterocycles. The lowest BCUT2D eigenvalue weighted by atomic mass is 10.0. The minimum atomic E-state index is 0.00546. The molecule has 1 N–H and O–H groups in total. The molecule has 6 heteroatoms. The number of hydrogen-bond donors (Lipinski definition) is 1. The molecule has 6 nitrogen and oxygen atoms in total. The van der Waals surface area contributed by atoms with Crippen LogP contribution >= 0.6 is 0 Å². The SMILES string of the molecule is CCO.O=C1C=C(N2CC2)C(=O)C(N2CC2)=C1N1CC1. The Labute approximate surface area is 117 Å². The molecule has 4 aliphatic rings. The van der Waals surface area contributed by atoms with Gasteiger partial charge in [-0.15, -0.1) is 0 Å². The van der Waals surface area contributed by atoms with Gasteiger partial charge in [-0.1, -0.05) is 0 Å². The summed E-state index contributed by atoms with van der Waals surface area (Å²) in [7, 11) is 0. The van der Waals surface area contributed by atoms with E-state index in [1.165, 1.54) is 6.08 Å². The van der Waals surface area contributed by atoms with E-state index in [4.69, 9.17) is 5.11 Å². The molecule has 0 amide bonds. The van der Waals surface area contributed by atoms with Crippen molar-refractivity contribution in [2.24, 2.45) is 0 Å². The van der Waals surface area contributed by atoms with Gasteiger partial charge in [0.15, 0.2) is 0 Å². The zero-order valence-electron chi connectivity index (χ0n) is 11.6. The van der Waals surface area contributed by atoms with Crippen molar-refractivity contribution in [1.82, 2.24) is 14.7 Å². The van der Waals surface area contributed by atoms with Crippen molar-refractivity contribution in [1.29, 1.82) is 0 Å². The molecule has 0 aromatic carbocycles. The molecule has 0 spiro atoms. The molecule has 20 heavy (non-hydrogen) atoms. The molecular weight excluding hydrogens is 258 g/mol. The van der Waals surface area contributed by atoms with Gasteiger partial charge in [0.05, 0.1) is 5.70 Å². The maximum atomic E-state index is 12.4. The highest BCUT2D eigenvalue weighted by atomic mass is 16.2. The number of carbonyl (C=O) groups excluding carboxylic acids is 2. The zero-order chi connectivity index (χ0) is 14.3. The standard InChI is InChI=1S/C12H13N3O2.C2H6O/c16-9-7-8(13-1-2-13)12(17)11(15-5-6-15)10(9)14-3-4-14;1-2-3/h7H,1-6H2;3H,2H2,1H3. The van der Waals surface area contributed by atoms with Crippen LogP contribution in [-0.2, 0) is 9.59 Å². The van der Waals surface area contributed by atoms with E-state index in [9.17, 15) is 9.59 Å². The summed E-state index contributed by atoms with van der Waals surface area (Å²) in [5, 5.41) is 7.57. The van der Waals surface area contributed by atoms with Crippen LogP contribution < -0.4 is 0 Å². The summed E-state index contributed by atoms with van der Waals surface area (Å²) in [6, 6.07) is 0. The number of rotatable bonds is 3. The van der Waals surface area contributed by atoms with Crippen LogP contribution in [0, 0.1) is 0 Å². The predicted molar refractivity (Wildman–Crippen MR) is 72.6 cm³/mol. The normalized spacial score (nSPS) is 23.5. The molecule has 3 heterocycles. The van der Waals surface area contributed by atoms with Gasteiger partial charge in [0.25, 0.3) is 0 Å². The molecule has 3 fully saturated rings. The van der Waals surface area contributed by atoms with Crippen LogP contribution in [0.4, 0.5) is 0 Å². The molecular formula is C14H19N3O3. The third-order valence-corrected chi connectivity index (χ3v) is 3.49. The van der Waals surface area contributed by atoms with E-state index in [1.807, 2.05) is 14.7 Å².